The molecule has 0 saturated heterocycles. The highest BCUT2D eigenvalue weighted by atomic mass is 79.9. The van der Waals surface area contributed by atoms with E-state index in [2.05, 4.69) is 15.9 Å². The van der Waals surface area contributed by atoms with Gasteiger partial charge in [0.1, 0.15) is 0 Å². The van der Waals surface area contributed by atoms with Gasteiger partial charge in [0, 0.05) is 12.6 Å². The van der Waals surface area contributed by atoms with Gasteiger partial charge in [-0.25, -0.2) is 4.79 Å². The van der Waals surface area contributed by atoms with Gasteiger partial charge < -0.3 is 8.83 Å². The minimum absolute atomic E-state index is 0.200. The second-order valence-corrected chi connectivity index (χ2v) is 4.77. The van der Waals surface area contributed by atoms with Crippen LogP contribution >= 0.6 is 15.9 Å². The van der Waals surface area contributed by atoms with Crippen LogP contribution in [-0.2, 0) is 7.05 Å². The summed E-state index contributed by atoms with van der Waals surface area (Å²) < 4.78 is 11.9. The largest absolute Gasteiger partial charge is 0.457 e. The number of halogens is 1. The lowest BCUT2D eigenvalue weighted by Gasteiger charge is -1.99. The van der Waals surface area contributed by atoms with Crippen LogP contribution in [0.4, 0.5) is 0 Å². The Morgan fingerprint density at radius 2 is 2.11 bits per heavy atom. The van der Waals surface area contributed by atoms with E-state index in [4.69, 9.17) is 8.83 Å². The predicted molar refractivity (Wildman–Crippen MR) is 71.3 cm³/mol. The quantitative estimate of drug-likeness (QED) is 0.681. The Morgan fingerprint density at radius 3 is 2.79 bits per heavy atom. The van der Waals surface area contributed by atoms with Gasteiger partial charge in [-0.1, -0.05) is 0 Å². The number of hydrogen-bond acceptors (Lipinski definition) is 4. The van der Waals surface area contributed by atoms with Gasteiger partial charge in [0.05, 0.1) is 17.3 Å². The summed E-state index contributed by atoms with van der Waals surface area (Å²) in [7, 11) is 1.61. The van der Waals surface area contributed by atoms with Crippen LogP contribution in [0.25, 0.3) is 11.1 Å². The maximum absolute atomic E-state index is 12.2. The van der Waals surface area contributed by atoms with Crippen molar-refractivity contribution in [3.8, 4) is 0 Å². The number of rotatable bonds is 2. The van der Waals surface area contributed by atoms with Gasteiger partial charge in [-0.15, -0.1) is 0 Å². The van der Waals surface area contributed by atoms with Crippen molar-refractivity contribution in [2.75, 3.05) is 0 Å². The first kappa shape index (κ1) is 12.0. The number of aromatic nitrogens is 1. The van der Waals surface area contributed by atoms with Crippen molar-refractivity contribution < 1.29 is 13.6 Å². The molecule has 5 nitrogen and oxygen atoms in total. The zero-order chi connectivity index (χ0) is 13.6. The van der Waals surface area contributed by atoms with Crippen molar-refractivity contribution in [2.45, 2.75) is 0 Å². The number of furan rings is 1. The lowest BCUT2D eigenvalue weighted by molar-refractivity contribution is 0.103. The Hall–Kier alpha value is -2.08. The topological polar surface area (TPSA) is 65.3 Å². The molecule has 6 heteroatoms. The van der Waals surface area contributed by atoms with Crippen LogP contribution in [0.5, 0.6) is 0 Å². The van der Waals surface area contributed by atoms with E-state index >= 15 is 0 Å². The number of nitrogens with zero attached hydrogens (tertiary/aromatic N) is 1. The van der Waals surface area contributed by atoms with Crippen molar-refractivity contribution in [1.82, 2.24) is 4.57 Å². The van der Waals surface area contributed by atoms with Crippen LogP contribution < -0.4 is 5.76 Å². The Balaban J connectivity index is 2.14. The van der Waals surface area contributed by atoms with Gasteiger partial charge in [-0.3, -0.25) is 9.36 Å². The fraction of sp³-hybridized carbons (Fsp3) is 0.0769. The fourth-order valence-electron chi connectivity index (χ4n) is 1.89. The van der Waals surface area contributed by atoms with Crippen molar-refractivity contribution in [3.05, 3.63) is 56.9 Å². The van der Waals surface area contributed by atoms with Crippen molar-refractivity contribution in [3.63, 3.8) is 0 Å². The highest BCUT2D eigenvalue weighted by Crippen LogP contribution is 2.23. The van der Waals surface area contributed by atoms with Crippen LogP contribution in [0.2, 0.25) is 0 Å². The minimum atomic E-state index is -0.455. The summed E-state index contributed by atoms with van der Waals surface area (Å²) in [5.41, 5.74) is 1.90. The van der Waals surface area contributed by atoms with Gasteiger partial charge in [0.15, 0.2) is 16.0 Å². The fourth-order valence-corrected chi connectivity index (χ4v) is 2.31. The molecule has 0 fully saturated rings. The van der Waals surface area contributed by atoms with Crippen LogP contribution in [0, 0.1) is 0 Å². The van der Waals surface area contributed by atoms with Crippen LogP contribution in [-0.4, -0.2) is 10.4 Å². The third-order valence-corrected chi connectivity index (χ3v) is 3.53. The molecule has 0 N–H and O–H groups in total. The Bertz CT molecular complexity index is 840. The molecule has 0 radical (unpaired) electrons. The summed E-state index contributed by atoms with van der Waals surface area (Å²) in [4.78, 5) is 23.6. The molecule has 0 aliphatic heterocycles. The van der Waals surface area contributed by atoms with Crippen molar-refractivity contribution in [2.24, 2.45) is 7.05 Å². The Kier molecular flexibility index (Phi) is 2.67. The van der Waals surface area contributed by atoms with E-state index in [1.165, 1.54) is 10.8 Å². The van der Waals surface area contributed by atoms with Gasteiger partial charge in [0.2, 0.25) is 0 Å². The van der Waals surface area contributed by atoms with E-state index in [0.717, 1.165) is 0 Å². The second kappa shape index (κ2) is 4.24. The van der Waals surface area contributed by atoms with Gasteiger partial charge >= 0.3 is 5.76 Å². The standard InChI is InChI=1S/C13H8BrNO4/c1-15-9-3-2-7(6-10(9)19-13(15)17)11(16)8-4-5-18-12(8)14/h2-6H,1H3. The molecule has 1 aromatic carbocycles. The molecule has 3 aromatic rings. The van der Waals surface area contributed by atoms with E-state index in [1.807, 2.05) is 0 Å². The lowest BCUT2D eigenvalue weighted by atomic mass is 10.1. The number of carbonyl (C=O) groups is 1. The van der Waals surface area contributed by atoms with Gasteiger partial charge in [-0.05, 0) is 40.2 Å². The highest BCUT2D eigenvalue weighted by Gasteiger charge is 2.16. The van der Waals surface area contributed by atoms with E-state index in [9.17, 15) is 9.59 Å². The molecule has 0 saturated carbocycles. The van der Waals surface area contributed by atoms with Gasteiger partial charge in [-0.2, -0.15) is 0 Å². The number of hydrogen-bond donors (Lipinski definition) is 0. The molecule has 3 rings (SSSR count). The minimum Gasteiger partial charge on any atom is -0.457 e. The van der Waals surface area contributed by atoms with Crippen LogP contribution in [0.3, 0.4) is 0 Å². The summed E-state index contributed by atoms with van der Waals surface area (Å²) in [5.74, 6) is -0.655. The summed E-state index contributed by atoms with van der Waals surface area (Å²) in [5, 5.41) is 0. The zero-order valence-electron chi connectivity index (χ0n) is 9.84. The average Bonchev–Trinajstić information content (AvgIpc) is 2.93. The molecule has 2 heterocycles. The SMILES string of the molecule is Cn1c(=O)oc2cc(C(=O)c3ccoc3Br)ccc21. The number of benzene rings is 1. The summed E-state index contributed by atoms with van der Waals surface area (Å²) >= 11 is 3.16. The number of ketones is 1. The third kappa shape index (κ3) is 1.84. The van der Waals surface area contributed by atoms with E-state index < -0.39 is 5.76 Å². The number of oxazole rings is 1. The average molecular weight is 322 g/mol. The van der Waals surface area contributed by atoms with E-state index in [0.29, 0.717) is 26.9 Å². The first-order valence-electron chi connectivity index (χ1n) is 5.45. The summed E-state index contributed by atoms with van der Waals surface area (Å²) in [6, 6.07) is 6.47. The molecule has 0 amide bonds. The maximum atomic E-state index is 12.2. The maximum Gasteiger partial charge on any atom is 0.419 e. The molecule has 0 unspecified atom stereocenters. The third-order valence-electron chi connectivity index (χ3n) is 2.92. The van der Waals surface area contributed by atoms with Crippen molar-refractivity contribution >= 4 is 32.8 Å². The Morgan fingerprint density at radius 1 is 1.32 bits per heavy atom. The molecule has 19 heavy (non-hydrogen) atoms. The molecular formula is C13H8BrNO4. The summed E-state index contributed by atoms with van der Waals surface area (Å²) in [6.45, 7) is 0. The monoisotopic (exact) mass is 321 g/mol. The van der Waals surface area contributed by atoms with E-state index in [1.54, 1.807) is 31.3 Å². The first-order valence-corrected chi connectivity index (χ1v) is 6.24. The number of aryl methyl sites for hydroxylation is 1. The molecule has 96 valence electrons. The van der Waals surface area contributed by atoms with Crippen LogP contribution in [0.15, 0.2) is 48.8 Å². The summed E-state index contributed by atoms with van der Waals surface area (Å²) in [6.07, 6.45) is 1.43. The normalized spacial score (nSPS) is 11.1. The van der Waals surface area contributed by atoms with Crippen molar-refractivity contribution in [1.29, 1.82) is 0 Å². The molecule has 0 aliphatic carbocycles. The predicted octanol–water partition coefficient (Wildman–Crippen LogP) is 2.72. The Labute approximate surface area is 115 Å². The first-order chi connectivity index (χ1) is 9.08. The molecular weight excluding hydrogens is 314 g/mol. The molecule has 0 spiro atoms. The number of carbonyl (C=O) groups excluding carboxylic acids is 1. The molecule has 0 atom stereocenters. The molecule has 0 aliphatic rings. The molecule has 2 aromatic heterocycles. The zero-order valence-corrected chi connectivity index (χ0v) is 11.4. The lowest BCUT2D eigenvalue weighted by Crippen LogP contribution is -2.08. The smallest absolute Gasteiger partial charge is 0.419 e. The van der Waals surface area contributed by atoms with Crippen LogP contribution in [0.1, 0.15) is 15.9 Å². The van der Waals surface area contributed by atoms with E-state index in [-0.39, 0.29) is 5.78 Å². The highest BCUT2D eigenvalue weighted by molar-refractivity contribution is 9.10. The second-order valence-electron chi connectivity index (χ2n) is 4.05. The van der Waals surface area contributed by atoms with Gasteiger partial charge in [0.25, 0.3) is 0 Å². The molecule has 0 bridgehead atoms. The number of fused-ring (bicyclic) bond motifs is 1.